The monoisotopic (exact) mass is 297 g/mol. The van der Waals surface area contributed by atoms with Crippen LogP contribution in [0.25, 0.3) is 0 Å². The zero-order chi connectivity index (χ0) is 14.0. The molecular formula is C12H12ClN3O2S. The van der Waals surface area contributed by atoms with Gasteiger partial charge in [0, 0.05) is 17.1 Å². The standard InChI is InChI=1S/C12H12ClN3O2S/c1-6-7(13)3-2-4-8(6)15-10(17)5-9-11(18)16-12(14)19-9/h2-4,9H,5H2,1H3,(H,15,17)(H2,14,16,18). The van der Waals surface area contributed by atoms with Crippen LogP contribution < -0.4 is 11.1 Å². The maximum absolute atomic E-state index is 11.9. The largest absolute Gasteiger partial charge is 0.378 e. The van der Waals surface area contributed by atoms with Crippen LogP contribution in [0.1, 0.15) is 12.0 Å². The molecule has 1 atom stereocenters. The molecule has 7 heteroatoms. The number of carbonyl (C=O) groups excluding carboxylic acids is 2. The Morgan fingerprint density at radius 3 is 2.95 bits per heavy atom. The average Bonchev–Trinajstić information content (AvgIpc) is 2.64. The number of hydrogen-bond acceptors (Lipinski definition) is 4. The van der Waals surface area contributed by atoms with Crippen molar-refractivity contribution in [3.05, 3.63) is 28.8 Å². The third-order valence-corrected chi connectivity index (χ3v) is 4.07. The molecule has 0 saturated carbocycles. The van der Waals surface area contributed by atoms with E-state index in [2.05, 4.69) is 10.3 Å². The minimum absolute atomic E-state index is 0.0413. The quantitative estimate of drug-likeness (QED) is 0.893. The van der Waals surface area contributed by atoms with E-state index >= 15 is 0 Å². The molecule has 1 aromatic carbocycles. The lowest BCUT2D eigenvalue weighted by atomic mass is 10.2. The van der Waals surface area contributed by atoms with Crippen molar-refractivity contribution in [3.63, 3.8) is 0 Å². The van der Waals surface area contributed by atoms with Crippen molar-refractivity contribution in [2.24, 2.45) is 10.7 Å². The molecule has 0 bridgehead atoms. The maximum Gasteiger partial charge on any atom is 0.262 e. The summed E-state index contributed by atoms with van der Waals surface area (Å²) in [6.45, 7) is 1.81. The second kappa shape index (κ2) is 5.63. The van der Waals surface area contributed by atoms with Gasteiger partial charge in [0.25, 0.3) is 5.91 Å². The highest BCUT2D eigenvalue weighted by atomic mass is 35.5. The molecule has 1 aliphatic rings. The molecule has 0 aliphatic carbocycles. The Hall–Kier alpha value is -1.53. The number of nitrogens with two attached hydrogens (primary N) is 1. The van der Waals surface area contributed by atoms with Gasteiger partial charge in [-0.05, 0) is 24.6 Å². The molecule has 0 fully saturated rings. The minimum atomic E-state index is -0.528. The number of thioether (sulfide) groups is 1. The van der Waals surface area contributed by atoms with Crippen molar-refractivity contribution >= 4 is 46.0 Å². The zero-order valence-electron chi connectivity index (χ0n) is 10.1. The number of carbonyl (C=O) groups is 2. The van der Waals surface area contributed by atoms with Crippen molar-refractivity contribution in [1.29, 1.82) is 0 Å². The second-order valence-electron chi connectivity index (χ2n) is 4.06. The van der Waals surface area contributed by atoms with Gasteiger partial charge in [0.2, 0.25) is 5.91 Å². The summed E-state index contributed by atoms with van der Waals surface area (Å²) in [7, 11) is 0. The number of amides is 2. The van der Waals surface area contributed by atoms with Gasteiger partial charge in [0.1, 0.15) is 5.25 Å². The summed E-state index contributed by atoms with van der Waals surface area (Å²) in [4.78, 5) is 26.9. The van der Waals surface area contributed by atoms with Gasteiger partial charge in [-0.1, -0.05) is 29.4 Å². The van der Waals surface area contributed by atoms with Crippen LogP contribution in [0.2, 0.25) is 5.02 Å². The fourth-order valence-electron chi connectivity index (χ4n) is 1.64. The summed E-state index contributed by atoms with van der Waals surface area (Å²) in [5.74, 6) is -0.624. The molecule has 19 heavy (non-hydrogen) atoms. The highest BCUT2D eigenvalue weighted by Gasteiger charge is 2.29. The predicted octanol–water partition coefficient (Wildman–Crippen LogP) is 1.93. The van der Waals surface area contributed by atoms with Crippen molar-refractivity contribution < 1.29 is 9.59 Å². The van der Waals surface area contributed by atoms with Crippen LogP contribution in [0.3, 0.4) is 0 Å². The summed E-state index contributed by atoms with van der Waals surface area (Å²) < 4.78 is 0. The Bertz CT molecular complexity index is 574. The SMILES string of the molecule is Cc1c(Cl)cccc1NC(=O)CC1SC(N)=NC1=O. The van der Waals surface area contributed by atoms with E-state index in [1.54, 1.807) is 18.2 Å². The third-order valence-electron chi connectivity index (χ3n) is 2.67. The first kappa shape index (κ1) is 13.9. The summed E-state index contributed by atoms with van der Waals surface area (Å²) in [5, 5.41) is 2.99. The number of halogens is 1. The molecular weight excluding hydrogens is 286 g/mol. The Kier molecular flexibility index (Phi) is 4.11. The topological polar surface area (TPSA) is 84.6 Å². The molecule has 1 unspecified atom stereocenters. The second-order valence-corrected chi connectivity index (χ2v) is 5.69. The summed E-state index contributed by atoms with van der Waals surface area (Å²) in [5.41, 5.74) is 6.86. The van der Waals surface area contributed by atoms with E-state index in [0.29, 0.717) is 10.7 Å². The number of nitrogens with one attached hydrogen (secondary N) is 1. The molecule has 3 N–H and O–H groups in total. The van der Waals surface area contributed by atoms with E-state index in [-0.39, 0.29) is 23.4 Å². The number of rotatable bonds is 3. The van der Waals surface area contributed by atoms with E-state index in [0.717, 1.165) is 17.3 Å². The van der Waals surface area contributed by atoms with Gasteiger partial charge in [0.05, 0.1) is 0 Å². The fraction of sp³-hybridized carbons (Fsp3) is 0.250. The first-order valence-electron chi connectivity index (χ1n) is 5.57. The molecule has 2 amide bonds. The number of amidine groups is 1. The first-order valence-corrected chi connectivity index (χ1v) is 6.83. The molecule has 1 heterocycles. The molecule has 0 radical (unpaired) electrons. The lowest BCUT2D eigenvalue weighted by Crippen LogP contribution is -2.22. The number of nitrogens with zero attached hydrogens (tertiary/aromatic N) is 1. The molecule has 100 valence electrons. The zero-order valence-corrected chi connectivity index (χ0v) is 11.7. The predicted molar refractivity (Wildman–Crippen MR) is 77.4 cm³/mol. The van der Waals surface area contributed by atoms with E-state index < -0.39 is 5.25 Å². The fourth-order valence-corrected chi connectivity index (χ4v) is 2.64. The molecule has 1 aliphatic heterocycles. The number of hydrogen-bond donors (Lipinski definition) is 2. The van der Waals surface area contributed by atoms with Crippen LogP contribution in [0, 0.1) is 6.92 Å². The van der Waals surface area contributed by atoms with E-state index in [9.17, 15) is 9.59 Å². The van der Waals surface area contributed by atoms with E-state index in [4.69, 9.17) is 17.3 Å². The van der Waals surface area contributed by atoms with Gasteiger partial charge in [-0.15, -0.1) is 0 Å². The van der Waals surface area contributed by atoms with Crippen molar-refractivity contribution in [1.82, 2.24) is 0 Å². The van der Waals surface area contributed by atoms with Crippen molar-refractivity contribution in [2.45, 2.75) is 18.6 Å². The third kappa shape index (κ3) is 3.27. The molecule has 0 saturated heterocycles. The maximum atomic E-state index is 11.9. The Balaban J connectivity index is 1.99. The van der Waals surface area contributed by atoms with Crippen molar-refractivity contribution in [2.75, 3.05) is 5.32 Å². The summed E-state index contributed by atoms with van der Waals surface area (Å²) in [6, 6.07) is 5.26. The summed E-state index contributed by atoms with van der Waals surface area (Å²) >= 11 is 7.08. The molecule has 5 nitrogen and oxygen atoms in total. The molecule has 2 rings (SSSR count). The van der Waals surface area contributed by atoms with Crippen molar-refractivity contribution in [3.8, 4) is 0 Å². The molecule has 0 spiro atoms. The van der Waals surface area contributed by atoms with Crippen LogP contribution in [0.5, 0.6) is 0 Å². The average molecular weight is 298 g/mol. The van der Waals surface area contributed by atoms with E-state index in [1.807, 2.05) is 6.92 Å². The number of benzene rings is 1. The Morgan fingerprint density at radius 2 is 2.32 bits per heavy atom. The van der Waals surface area contributed by atoms with Crippen LogP contribution in [-0.4, -0.2) is 22.2 Å². The van der Waals surface area contributed by atoms with Gasteiger partial charge < -0.3 is 11.1 Å². The van der Waals surface area contributed by atoms with Crippen LogP contribution >= 0.6 is 23.4 Å². The first-order chi connectivity index (χ1) is 8.97. The van der Waals surface area contributed by atoms with Gasteiger partial charge in [-0.25, -0.2) is 0 Å². The van der Waals surface area contributed by atoms with Gasteiger partial charge in [0.15, 0.2) is 5.17 Å². The van der Waals surface area contributed by atoms with Crippen LogP contribution in [0.4, 0.5) is 5.69 Å². The van der Waals surface area contributed by atoms with Crippen LogP contribution in [-0.2, 0) is 9.59 Å². The highest BCUT2D eigenvalue weighted by molar-refractivity contribution is 8.15. The number of aliphatic imine (C=N–C) groups is 1. The van der Waals surface area contributed by atoms with Crippen LogP contribution in [0.15, 0.2) is 23.2 Å². The highest BCUT2D eigenvalue weighted by Crippen LogP contribution is 2.25. The van der Waals surface area contributed by atoms with Gasteiger partial charge >= 0.3 is 0 Å². The molecule has 0 aromatic heterocycles. The summed E-state index contributed by atoms with van der Waals surface area (Å²) in [6.07, 6.45) is 0.0413. The Morgan fingerprint density at radius 1 is 1.58 bits per heavy atom. The van der Waals surface area contributed by atoms with Gasteiger partial charge in [-0.2, -0.15) is 4.99 Å². The lowest BCUT2D eigenvalue weighted by Gasteiger charge is -2.10. The lowest BCUT2D eigenvalue weighted by molar-refractivity contribution is -0.121. The van der Waals surface area contributed by atoms with E-state index in [1.165, 1.54) is 0 Å². The number of anilines is 1. The minimum Gasteiger partial charge on any atom is -0.378 e. The smallest absolute Gasteiger partial charge is 0.262 e. The Labute approximate surface area is 119 Å². The molecule has 1 aromatic rings. The normalized spacial score (nSPS) is 18.3. The van der Waals surface area contributed by atoms with Gasteiger partial charge in [-0.3, -0.25) is 9.59 Å².